The summed E-state index contributed by atoms with van der Waals surface area (Å²) in [4.78, 5) is 26.2. The molecule has 4 rings (SSSR count). The molecule has 32 heavy (non-hydrogen) atoms. The Morgan fingerprint density at radius 1 is 1.06 bits per heavy atom. The zero-order valence-electron chi connectivity index (χ0n) is 18.6. The summed E-state index contributed by atoms with van der Waals surface area (Å²) in [6.45, 7) is 5.66. The fourth-order valence-corrected chi connectivity index (χ4v) is 3.99. The van der Waals surface area contributed by atoms with Crippen molar-refractivity contribution in [1.82, 2.24) is 15.1 Å². The van der Waals surface area contributed by atoms with Crippen molar-refractivity contribution in [2.45, 2.75) is 52.1 Å². The Morgan fingerprint density at radius 2 is 1.81 bits per heavy atom. The first-order valence-electron chi connectivity index (χ1n) is 11.3. The Morgan fingerprint density at radius 3 is 2.56 bits per heavy atom. The van der Waals surface area contributed by atoms with E-state index in [1.807, 2.05) is 37.3 Å². The first kappa shape index (κ1) is 21.9. The van der Waals surface area contributed by atoms with Gasteiger partial charge in [0.2, 0.25) is 0 Å². The minimum Gasteiger partial charge on any atom is -0.486 e. The van der Waals surface area contributed by atoms with E-state index >= 15 is 0 Å². The van der Waals surface area contributed by atoms with Crippen LogP contribution >= 0.6 is 0 Å². The predicted octanol–water partition coefficient (Wildman–Crippen LogP) is 4.24. The Hall–Kier alpha value is -3.35. The van der Waals surface area contributed by atoms with Gasteiger partial charge in [0, 0.05) is 11.9 Å². The number of nitrogens with zero attached hydrogens (tertiary/aromatic N) is 2. The van der Waals surface area contributed by atoms with E-state index in [1.54, 1.807) is 12.1 Å². The molecule has 3 aromatic rings. The smallest absolute Gasteiger partial charge is 0.274 e. The zero-order chi connectivity index (χ0) is 22.5. The molecule has 7 heteroatoms. The number of rotatable bonds is 8. The van der Waals surface area contributed by atoms with Gasteiger partial charge < -0.3 is 14.8 Å². The fourth-order valence-electron chi connectivity index (χ4n) is 3.99. The van der Waals surface area contributed by atoms with Crippen molar-refractivity contribution in [2.24, 2.45) is 0 Å². The summed E-state index contributed by atoms with van der Waals surface area (Å²) in [7, 11) is 0. The molecule has 1 unspecified atom stereocenters. The maximum absolute atomic E-state index is 13.3. The van der Waals surface area contributed by atoms with Gasteiger partial charge >= 0.3 is 0 Å². The molecule has 2 heterocycles. The molecule has 1 aliphatic rings. The normalized spacial score (nSPS) is 13.7. The molecule has 0 spiro atoms. The van der Waals surface area contributed by atoms with Crippen LogP contribution in [0.4, 0.5) is 0 Å². The minimum atomic E-state index is -0.299. The van der Waals surface area contributed by atoms with Gasteiger partial charge in [-0.1, -0.05) is 51.0 Å². The summed E-state index contributed by atoms with van der Waals surface area (Å²) in [6.07, 6.45) is 3.59. The van der Waals surface area contributed by atoms with E-state index < -0.39 is 0 Å². The molecule has 1 amide bonds. The number of benzene rings is 2. The number of ether oxygens (including phenoxy) is 2. The van der Waals surface area contributed by atoms with Crippen LogP contribution in [0.1, 0.15) is 61.6 Å². The lowest BCUT2D eigenvalue weighted by Crippen LogP contribution is -2.33. The molecule has 1 aliphatic heterocycles. The lowest BCUT2D eigenvalue weighted by molar-refractivity contribution is 0.0929. The molecule has 2 aromatic carbocycles. The van der Waals surface area contributed by atoms with Gasteiger partial charge in [0.25, 0.3) is 11.5 Å². The van der Waals surface area contributed by atoms with Gasteiger partial charge in [-0.2, -0.15) is 5.10 Å². The quantitative estimate of drug-likeness (QED) is 0.535. The number of fused-ring (bicyclic) bond motifs is 2. The van der Waals surface area contributed by atoms with Gasteiger partial charge in [-0.15, -0.1) is 0 Å². The van der Waals surface area contributed by atoms with E-state index in [0.29, 0.717) is 48.5 Å². The molecule has 0 saturated carbocycles. The van der Waals surface area contributed by atoms with Crippen molar-refractivity contribution in [3.63, 3.8) is 0 Å². The molecule has 0 saturated heterocycles. The predicted molar refractivity (Wildman–Crippen MR) is 123 cm³/mol. The highest BCUT2D eigenvalue weighted by molar-refractivity contribution is 6.04. The minimum absolute atomic E-state index is 0.160. The summed E-state index contributed by atoms with van der Waals surface area (Å²) < 4.78 is 12.7. The number of nitrogens with one attached hydrogen (secondary N) is 1. The third kappa shape index (κ3) is 4.47. The number of amides is 1. The maximum Gasteiger partial charge on any atom is 0.274 e. The number of unbranched alkanes of at least 4 members (excludes halogenated alkanes) is 2. The van der Waals surface area contributed by atoms with Crippen molar-refractivity contribution in [2.75, 3.05) is 13.2 Å². The number of carbonyl (C=O) groups is 1. The van der Waals surface area contributed by atoms with Crippen LogP contribution < -0.4 is 20.3 Å². The van der Waals surface area contributed by atoms with Gasteiger partial charge in [0.15, 0.2) is 17.2 Å². The number of carbonyl (C=O) groups excluding carboxylic acids is 1. The number of hydrogen-bond donors (Lipinski definition) is 1. The van der Waals surface area contributed by atoms with Crippen LogP contribution in [0.5, 0.6) is 11.5 Å². The Balaban J connectivity index is 1.65. The highest BCUT2D eigenvalue weighted by Gasteiger charge is 2.21. The fraction of sp³-hybridized carbons (Fsp3) is 0.400. The SMILES string of the molecule is CCCCCn1nc(C(=O)NC(CC)c2ccc3c(c2)OCCO3)c2ccccc2c1=O. The molecule has 1 atom stereocenters. The highest BCUT2D eigenvalue weighted by atomic mass is 16.6. The Bertz CT molecular complexity index is 1170. The van der Waals surface area contributed by atoms with Crippen LogP contribution in [-0.2, 0) is 6.54 Å². The Labute approximate surface area is 187 Å². The summed E-state index contributed by atoms with van der Waals surface area (Å²) in [5.74, 6) is 1.11. The second kappa shape index (κ2) is 9.85. The second-order valence-electron chi connectivity index (χ2n) is 7.97. The van der Waals surface area contributed by atoms with Crippen molar-refractivity contribution < 1.29 is 14.3 Å². The van der Waals surface area contributed by atoms with Gasteiger partial charge in [-0.05, 0) is 36.6 Å². The van der Waals surface area contributed by atoms with Gasteiger partial charge in [0.1, 0.15) is 13.2 Å². The molecule has 0 aliphatic carbocycles. The van der Waals surface area contributed by atoms with Crippen molar-refractivity contribution in [3.05, 3.63) is 64.1 Å². The molecule has 7 nitrogen and oxygen atoms in total. The molecular weight excluding hydrogens is 406 g/mol. The van der Waals surface area contributed by atoms with Crippen molar-refractivity contribution in [3.8, 4) is 11.5 Å². The first-order valence-corrected chi connectivity index (χ1v) is 11.3. The van der Waals surface area contributed by atoms with Crippen LogP contribution in [-0.4, -0.2) is 28.9 Å². The third-order valence-electron chi connectivity index (χ3n) is 5.74. The summed E-state index contributed by atoms with van der Waals surface area (Å²) in [6, 6.07) is 12.7. The van der Waals surface area contributed by atoms with Crippen LogP contribution in [0.15, 0.2) is 47.3 Å². The third-order valence-corrected chi connectivity index (χ3v) is 5.74. The lowest BCUT2D eigenvalue weighted by Gasteiger charge is -2.22. The van der Waals surface area contributed by atoms with E-state index in [4.69, 9.17) is 9.47 Å². The summed E-state index contributed by atoms with van der Waals surface area (Å²) >= 11 is 0. The second-order valence-corrected chi connectivity index (χ2v) is 7.97. The highest BCUT2D eigenvalue weighted by Crippen LogP contribution is 2.33. The molecule has 0 bridgehead atoms. The van der Waals surface area contributed by atoms with Crippen LogP contribution in [0.2, 0.25) is 0 Å². The van der Waals surface area contributed by atoms with Crippen LogP contribution in [0.25, 0.3) is 10.8 Å². The largest absolute Gasteiger partial charge is 0.486 e. The van der Waals surface area contributed by atoms with Gasteiger partial charge in [-0.3, -0.25) is 9.59 Å². The Kier molecular flexibility index (Phi) is 6.73. The van der Waals surface area contributed by atoms with Crippen LogP contribution in [0, 0.1) is 0 Å². The number of aromatic nitrogens is 2. The average molecular weight is 436 g/mol. The summed E-state index contributed by atoms with van der Waals surface area (Å²) in [5, 5.41) is 8.65. The molecule has 0 radical (unpaired) electrons. The van der Waals surface area contributed by atoms with Crippen LogP contribution in [0.3, 0.4) is 0 Å². The average Bonchev–Trinajstić information content (AvgIpc) is 2.83. The monoisotopic (exact) mass is 435 g/mol. The van der Waals surface area contributed by atoms with Gasteiger partial charge in [-0.25, -0.2) is 4.68 Å². The lowest BCUT2D eigenvalue weighted by atomic mass is 10.0. The topological polar surface area (TPSA) is 82.5 Å². The van der Waals surface area contributed by atoms with E-state index in [1.165, 1.54) is 4.68 Å². The van der Waals surface area contributed by atoms with Gasteiger partial charge in [0.05, 0.1) is 11.4 Å². The standard InChI is InChI=1S/C25H29N3O4/c1-3-5-8-13-28-25(30)19-10-7-6-9-18(19)23(27-28)24(29)26-20(4-2)17-11-12-21-22(16-17)32-15-14-31-21/h6-7,9-12,16,20H,3-5,8,13-15H2,1-2H3,(H,26,29). The van der Waals surface area contributed by atoms with E-state index in [2.05, 4.69) is 17.3 Å². The molecule has 0 fully saturated rings. The first-order chi connectivity index (χ1) is 15.6. The molecular formula is C25H29N3O4. The number of hydrogen-bond acceptors (Lipinski definition) is 5. The van der Waals surface area contributed by atoms with Crippen molar-refractivity contribution >= 4 is 16.7 Å². The van der Waals surface area contributed by atoms with E-state index in [0.717, 1.165) is 24.8 Å². The maximum atomic E-state index is 13.3. The summed E-state index contributed by atoms with van der Waals surface area (Å²) in [5.41, 5.74) is 1.05. The van der Waals surface area contributed by atoms with Crippen molar-refractivity contribution in [1.29, 1.82) is 0 Å². The molecule has 1 N–H and O–H groups in total. The molecule has 168 valence electrons. The zero-order valence-corrected chi connectivity index (χ0v) is 18.6. The van der Waals surface area contributed by atoms with E-state index in [9.17, 15) is 9.59 Å². The number of aryl methyl sites for hydroxylation is 1. The van der Waals surface area contributed by atoms with E-state index in [-0.39, 0.29) is 23.2 Å². The molecule has 1 aromatic heterocycles.